The smallest absolute Gasteiger partial charge is 0.110 e. The zero-order valence-corrected chi connectivity index (χ0v) is 13.2. The van der Waals surface area contributed by atoms with Crippen molar-refractivity contribution in [2.45, 2.75) is 76.6 Å². The SMILES string of the molecule is CCC(C)(CC(O)C(O)C(O)C(O)COC(C)C)NC. The lowest BCUT2D eigenvalue weighted by atomic mass is 9.88. The van der Waals surface area contributed by atoms with E-state index in [9.17, 15) is 20.4 Å². The van der Waals surface area contributed by atoms with Crippen LogP contribution < -0.4 is 5.32 Å². The minimum atomic E-state index is -1.44. The molecule has 0 aromatic heterocycles. The van der Waals surface area contributed by atoms with Crippen LogP contribution in [0.3, 0.4) is 0 Å². The molecule has 5 unspecified atom stereocenters. The van der Waals surface area contributed by atoms with Crippen molar-refractivity contribution in [1.82, 2.24) is 5.32 Å². The number of nitrogens with one attached hydrogen (secondary N) is 1. The Labute approximate surface area is 121 Å². The summed E-state index contributed by atoms with van der Waals surface area (Å²) in [7, 11) is 1.78. The second-order valence-corrected chi connectivity index (χ2v) is 5.87. The number of rotatable bonds is 10. The van der Waals surface area contributed by atoms with Gasteiger partial charge in [0.2, 0.25) is 0 Å². The first kappa shape index (κ1) is 19.8. The molecule has 0 saturated carbocycles. The first-order valence-corrected chi connectivity index (χ1v) is 7.19. The largest absolute Gasteiger partial charge is 0.390 e. The van der Waals surface area contributed by atoms with E-state index in [2.05, 4.69) is 5.32 Å². The third-order valence-corrected chi connectivity index (χ3v) is 3.78. The predicted octanol–water partition coefficient (Wildman–Crippen LogP) is -0.367. The van der Waals surface area contributed by atoms with Crippen molar-refractivity contribution in [2.24, 2.45) is 0 Å². The maximum atomic E-state index is 10.0. The van der Waals surface area contributed by atoms with E-state index in [0.717, 1.165) is 6.42 Å². The zero-order chi connectivity index (χ0) is 15.9. The van der Waals surface area contributed by atoms with Crippen LogP contribution in [0.15, 0.2) is 0 Å². The maximum Gasteiger partial charge on any atom is 0.110 e. The molecule has 0 spiro atoms. The molecule has 5 N–H and O–H groups in total. The number of aliphatic hydroxyl groups excluding tert-OH is 4. The van der Waals surface area contributed by atoms with Crippen molar-refractivity contribution in [3.8, 4) is 0 Å². The van der Waals surface area contributed by atoms with Gasteiger partial charge in [0.1, 0.15) is 18.3 Å². The fourth-order valence-corrected chi connectivity index (χ4v) is 1.85. The van der Waals surface area contributed by atoms with Crippen molar-refractivity contribution < 1.29 is 25.2 Å². The summed E-state index contributed by atoms with van der Waals surface area (Å²) < 4.78 is 5.18. The lowest BCUT2D eigenvalue weighted by Crippen LogP contribution is -2.51. The number of hydrogen-bond donors (Lipinski definition) is 5. The third-order valence-electron chi connectivity index (χ3n) is 3.78. The Balaban J connectivity index is 4.44. The van der Waals surface area contributed by atoms with Gasteiger partial charge in [-0.15, -0.1) is 0 Å². The normalized spacial score (nSPS) is 21.3. The van der Waals surface area contributed by atoms with Crippen molar-refractivity contribution in [2.75, 3.05) is 13.7 Å². The Morgan fingerprint density at radius 1 is 1.05 bits per heavy atom. The number of ether oxygens (including phenoxy) is 1. The predicted molar refractivity (Wildman–Crippen MR) is 77.5 cm³/mol. The van der Waals surface area contributed by atoms with Crippen LogP contribution in [0.5, 0.6) is 0 Å². The molecule has 6 nitrogen and oxygen atoms in total. The summed E-state index contributed by atoms with van der Waals surface area (Å²) >= 11 is 0. The Morgan fingerprint density at radius 3 is 1.95 bits per heavy atom. The van der Waals surface area contributed by atoms with Crippen LogP contribution in [0.2, 0.25) is 0 Å². The van der Waals surface area contributed by atoms with Crippen LogP contribution in [0, 0.1) is 0 Å². The average Bonchev–Trinajstić information content (AvgIpc) is 2.42. The molecule has 0 aromatic rings. The van der Waals surface area contributed by atoms with Crippen LogP contribution in [0.1, 0.15) is 40.5 Å². The quantitative estimate of drug-likeness (QED) is 0.377. The molecule has 122 valence electrons. The summed E-state index contributed by atoms with van der Waals surface area (Å²) in [5.41, 5.74) is -0.334. The van der Waals surface area contributed by atoms with E-state index < -0.39 is 24.4 Å². The minimum Gasteiger partial charge on any atom is -0.390 e. The van der Waals surface area contributed by atoms with E-state index in [4.69, 9.17) is 4.74 Å². The van der Waals surface area contributed by atoms with E-state index >= 15 is 0 Å². The molecule has 0 fully saturated rings. The summed E-state index contributed by atoms with van der Waals surface area (Å²) in [6, 6.07) is 0. The highest BCUT2D eigenvalue weighted by Crippen LogP contribution is 2.19. The monoisotopic (exact) mass is 293 g/mol. The summed E-state index contributed by atoms with van der Waals surface area (Å²) in [6.07, 6.45) is -4.26. The highest BCUT2D eigenvalue weighted by Gasteiger charge is 2.34. The van der Waals surface area contributed by atoms with Crippen LogP contribution in [0.25, 0.3) is 0 Å². The second-order valence-electron chi connectivity index (χ2n) is 5.87. The molecule has 0 saturated heterocycles. The maximum absolute atomic E-state index is 10.0. The van der Waals surface area contributed by atoms with Gasteiger partial charge in [0.05, 0.1) is 18.8 Å². The fourth-order valence-electron chi connectivity index (χ4n) is 1.85. The van der Waals surface area contributed by atoms with Crippen molar-refractivity contribution in [3.63, 3.8) is 0 Å². The summed E-state index contributed by atoms with van der Waals surface area (Å²) in [5, 5.41) is 42.6. The van der Waals surface area contributed by atoms with E-state index in [-0.39, 0.29) is 24.7 Å². The van der Waals surface area contributed by atoms with Crippen molar-refractivity contribution >= 4 is 0 Å². The van der Waals surface area contributed by atoms with Crippen LogP contribution in [-0.4, -0.2) is 70.1 Å². The van der Waals surface area contributed by atoms with Gasteiger partial charge in [0.25, 0.3) is 0 Å². The first-order valence-electron chi connectivity index (χ1n) is 7.19. The minimum absolute atomic E-state index is 0.0772. The highest BCUT2D eigenvalue weighted by molar-refractivity contribution is 4.89. The van der Waals surface area contributed by atoms with Gasteiger partial charge in [-0.25, -0.2) is 0 Å². The molecule has 0 aliphatic rings. The average molecular weight is 293 g/mol. The van der Waals surface area contributed by atoms with Crippen LogP contribution >= 0.6 is 0 Å². The molecule has 0 aliphatic heterocycles. The van der Waals surface area contributed by atoms with Crippen molar-refractivity contribution in [3.05, 3.63) is 0 Å². The summed E-state index contributed by atoms with van der Waals surface area (Å²) in [4.78, 5) is 0. The third kappa shape index (κ3) is 6.47. The van der Waals surface area contributed by atoms with Gasteiger partial charge in [-0.3, -0.25) is 0 Å². The van der Waals surface area contributed by atoms with E-state index in [1.165, 1.54) is 0 Å². The molecular formula is C14H31NO5. The molecule has 5 atom stereocenters. The van der Waals surface area contributed by atoms with Crippen LogP contribution in [-0.2, 0) is 4.74 Å². The zero-order valence-electron chi connectivity index (χ0n) is 13.2. The molecular weight excluding hydrogens is 262 g/mol. The molecule has 0 radical (unpaired) electrons. The standard InChI is InChI=1S/C14H31NO5/c1-6-14(4,15-5)7-10(16)12(18)13(19)11(17)8-20-9(2)3/h9-13,15-19H,6-8H2,1-5H3. The molecule has 20 heavy (non-hydrogen) atoms. The number of hydrogen-bond acceptors (Lipinski definition) is 6. The first-order chi connectivity index (χ1) is 9.16. The van der Waals surface area contributed by atoms with Gasteiger partial charge in [-0.1, -0.05) is 6.92 Å². The highest BCUT2D eigenvalue weighted by atomic mass is 16.5. The lowest BCUT2D eigenvalue weighted by Gasteiger charge is -2.34. The Bertz CT molecular complexity index is 258. The molecule has 0 bridgehead atoms. The van der Waals surface area contributed by atoms with E-state index in [0.29, 0.717) is 0 Å². The second kappa shape index (κ2) is 8.92. The van der Waals surface area contributed by atoms with Gasteiger partial charge < -0.3 is 30.5 Å². The topological polar surface area (TPSA) is 102 Å². The molecule has 6 heteroatoms. The summed E-state index contributed by atoms with van der Waals surface area (Å²) in [5.74, 6) is 0. The van der Waals surface area contributed by atoms with Gasteiger partial charge in [-0.2, -0.15) is 0 Å². The van der Waals surface area contributed by atoms with E-state index in [1.807, 2.05) is 27.7 Å². The van der Waals surface area contributed by atoms with E-state index in [1.54, 1.807) is 7.05 Å². The molecule has 0 heterocycles. The fraction of sp³-hybridized carbons (Fsp3) is 1.00. The van der Waals surface area contributed by atoms with Gasteiger partial charge in [0.15, 0.2) is 0 Å². The van der Waals surface area contributed by atoms with Gasteiger partial charge in [-0.05, 0) is 40.7 Å². The Hall–Kier alpha value is -0.240. The molecule has 0 rings (SSSR count). The lowest BCUT2D eigenvalue weighted by molar-refractivity contribution is -0.130. The molecule has 0 aromatic carbocycles. The van der Waals surface area contributed by atoms with Crippen molar-refractivity contribution in [1.29, 1.82) is 0 Å². The summed E-state index contributed by atoms with van der Waals surface area (Å²) in [6.45, 7) is 7.43. The molecule has 0 aliphatic carbocycles. The Kier molecular flexibility index (Phi) is 8.81. The van der Waals surface area contributed by atoms with Gasteiger partial charge >= 0.3 is 0 Å². The number of aliphatic hydroxyl groups is 4. The van der Waals surface area contributed by atoms with Crippen LogP contribution in [0.4, 0.5) is 0 Å². The Morgan fingerprint density at radius 2 is 1.55 bits per heavy atom. The van der Waals surface area contributed by atoms with Gasteiger partial charge in [0, 0.05) is 5.54 Å². The molecule has 0 amide bonds.